The lowest BCUT2D eigenvalue weighted by atomic mass is 9.40. The van der Waals surface area contributed by atoms with Gasteiger partial charge in [0, 0.05) is 39.0 Å². The zero-order chi connectivity index (χ0) is 38.4. The topological polar surface area (TPSA) is 118 Å². The number of aliphatic hydroxyl groups is 3. The number of esters is 1. The first kappa shape index (κ1) is 36.7. The van der Waals surface area contributed by atoms with Crippen molar-refractivity contribution in [2.45, 2.75) is 129 Å². The second kappa shape index (κ2) is 11.6. The van der Waals surface area contributed by atoms with E-state index < -0.39 is 40.8 Å². The maximum atomic E-state index is 14.9. The van der Waals surface area contributed by atoms with Crippen LogP contribution in [0.1, 0.15) is 133 Å². The normalized spacial score (nSPS) is 37.6. The minimum absolute atomic E-state index is 0.0181. The van der Waals surface area contributed by atoms with Crippen molar-refractivity contribution in [2.24, 2.45) is 28.6 Å². The Hall–Kier alpha value is -3.30. The van der Waals surface area contributed by atoms with Crippen molar-refractivity contribution in [3.05, 3.63) is 76.0 Å². The fourth-order valence-electron chi connectivity index (χ4n) is 12.8. The minimum atomic E-state index is -0.866. The van der Waals surface area contributed by atoms with E-state index in [1.54, 1.807) is 13.0 Å². The molecule has 8 rings (SSSR count). The number of rotatable bonds is 6. The lowest BCUT2D eigenvalue weighted by Gasteiger charge is -2.64. The zero-order valence-electron chi connectivity index (χ0n) is 32.9. The summed E-state index contributed by atoms with van der Waals surface area (Å²) in [6.45, 7) is 23.0. The summed E-state index contributed by atoms with van der Waals surface area (Å²) in [6.07, 6.45) is 10.9. The average Bonchev–Trinajstić information content (AvgIpc) is 3.74. The van der Waals surface area contributed by atoms with Gasteiger partial charge in [0.25, 0.3) is 0 Å². The molecule has 2 saturated carbocycles. The quantitative estimate of drug-likeness (QED) is 0.121. The second-order valence-electron chi connectivity index (χ2n) is 18.9. The number of fused-ring (bicyclic) bond motifs is 11. The van der Waals surface area contributed by atoms with Gasteiger partial charge in [-0.2, -0.15) is 0 Å². The predicted molar refractivity (Wildman–Crippen MR) is 205 cm³/mol. The second-order valence-corrected chi connectivity index (χ2v) is 18.9. The van der Waals surface area contributed by atoms with E-state index in [1.807, 2.05) is 26.8 Å². The fourth-order valence-corrected chi connectivity index (χ4v) is 12.8. The third kappa shape index (κ3) is 4.68. The van der Waals surface area contributed by atoms with Crippen LogP contribution in [0.3, 0.4) is 0 Å². The molecule has 8 heteroatoms. The van der Waals surface area contributed by atoms with Crippen LogP contribution in [0, 0.1) is 28.6 Å². The SMILES string of the molecule is C=C(C)[C@H]1C(=O)c2c3c(cc4c5c(n1c24)[C@@]1(C)[C@@H](CC[C@H]2[C@](C)(/C=C/C=C(\C)C(=O)OCCO)[C@@H](O)CC[C@@]21C)C5)C1=CC(C)(C)OC(C)(C)[C@H]1[C@@H]3O. The van der Waals surface area contributed by atoms with Gasteiger partial charge in [-0.05, 0) is 120 Å². The van der Waals surface area contributed by atoms with E-state index in [1.165, 1.54) is 11.3 Å². The molecule has 1 aromatic heterocycles. The van der Waals surface area contributed by atoms with Crippen LogP contribution in [0.2, 0.25) is 0 Å². The Kier molecular flexibility index (Phi) is 8.03. The van der Waals surface area contributed by atoms with Gasteiger partial charge in [-0.3, -0.25) is 4.79 Å². The molecule has 284 valence electrons. The number of ether oxygens (including phenoxy) is 2. The summed E-state index contributed by atoms with van der Waals surface area (Å²) >= 11 is 0. The van der Waals surface area contributed by atoms with Gasteiger partial charge >= 0.3 is 5.97 Å². The molecule has 0 saturated heterocycles. The number of hydrogen-bond donors (Lipinski definition) is 3. The van der Waals surface area contributed by atoms with Crippen LogP contribution in [0.15, 0.2) is 48.1 Å². The third-order valence-corrected chi connectivity index (χ3v) is 15.1. The van der Waals surface area contributed by atoms with Gasteiger partial charge in [0.2, 0.25) is 0 Å². The first-order chi connectivity index (χ1) is 24.7. The van der Waals surface area contributed by atoms with Crippen molar-refractivity contribution in [3.63, 3.8) is 0 Å². The van der Waals surface area contributed by atoms with Crippen LogP contribution < -0.4 is 0 Å². The maximum absolute atomic E-state index is 14.9. The van der Waals surface area contributed by atoms with Crippen molar-refractivity contribution in [3.8, 4) is 0 Å². The molecule has 0 radical (unpaired) electrons. The van der Waals surface area contributed by atoms with Crippen molar-refractivity contribution < 1.29 is 34.4 Å². The summed E-state index contributed by atoms with van der Waals surface area (Å²) < 4.78 is 14.0. The van der Waals surface area contributed by atoms with Gasteiger partial charge in [0.1, 0.15) is 12.6 Å². The molecular formula is C45H57NO7. The molecule has 3 N–H and O–H groups in total. The number of ketones is 1. The molecular weight excluding hydrogens is 666 g/mol. The van der Waals surface area contributed by atoms with Crippen LogP contribution in [0.4, 0.5) is 0 Å². The van der Waals surface area contributed by atoms with Gasteiger partial charge < -0.3 is 29.4 Å². The van der Waals surface area contributed by atoms with Crippen LogP contribution in [-0.4, -0.2) is 62.2 Å². The highest BCUT2D eigenvalue weighted by Gasteiger charge is 2.67. The smallest absolute Gasteiger partial charge is 0.333 e. The van der Waals surface area contributed by atoms with Crippen molar-refractivity contribution in [1.82, 2.24) is 4.57 Å². The van der Waals surface area contributed by atoms with Crippen LogP contribution in [-0.2, 0) is 26.1 Å². The Morgan fingerprint density at radius 1 is 1.09 bits per heavy atom. The highest BCUT2D eigenvalue weighted by molar-refractivity contribution is 6.18. The number of carbonyl (C=O) groups excluding carboxylic acids is 2. The van der Waals surface area contributed by atoms with Gasteiger partial charge in [-0.1, -0.05) is 51.2 Å². The summed E-state index contributed by atoms with van der Waals surface area (Å²) in [5.74, 6) is -0.235. The molecule has 3 heterocycles. The first-order valence-corrected chi connectivity index (χ1v) is 19.6. The molecule has 8 nitrogen and oxygen atoms in total. The Balaban J connectivity index is 1.30. The third-order valence-electron chi connectivity index (χ3n) is 15.1. The number of aromatic nitrogens is 1. The lowest BCUT2D eigenvalue weighted by molar-refractivity contribution is -0.144. The molecule has 2 fully saturated rings. The molecule has 53 heavy (non-hydrogen) atoms. The molecule has 1 aromatic carbocycles. The number of carbonyl (C=O) groups is 2. The number of Topliss-reactive ketones (excluding diaryl/α,β-unsaturated/α-hetero) is 1. The molecule has 0 amide bonds. The van der Waals surface area contributed by atoms with Gasteiger partial charge in [0.15, 0.2) is 5.78 Å². The Labute approximate surface area is 313 Å². The van der Waals surface area contributed by atoms with E-state index in [4.69, 9.17) is 14.6 Å². The molecule has 2 aliphatic heterocycles. The molecule has 9 atom stereocenters. The maximum Gasteiger partial charge on any atom is 0.333 e. The molecule has 6 aliphatic rings. The number of benzene rings is 1. The largest absolute Gasteiger partial charge is 0.460 e. The number of aliphatic hydroxyl groups excluding tert-OH is 3. The molecule has 2 aromatic rings. The van der Waals surface area contributed by atoms with E-state index in [9.17, 15) is 19.8 Å². The number of allylic oxidation sites excluding steroid dienone is 3. The molecule has 0 spiro atoms. The molecule has 0 unspecified atom stereocenters. The summed E-state index contributed by atoms with van der Waals surface area (Å²) in [7, 11) is 0. The Morgan fingerprint density at radius 2 is 1.81 bits per heavy atom. The van der Waals surface area contributed by atoms with Crippen LogP contribution in [0.5, 0.6) is 0 Å². The highest BCUT2D eigenvalue weighted by Crippen LogP contribution is 2.71. The van der Waals surface area contributed by atoms with Gasteiger partial charge in [-0.25, -0.2) is 4.79 Å². The summed E-state index contributed by atoms with van der Waals surface area (Å²) in [6, 6.07) is 1.74. The van der Waals surface area contributed by atoms with Crippen molar-refractivity contribution >= 4 is 28.2 Å². The van der Waals surface area contributed by atoms with E-state index in [0.29, 0.717) is 23.5 Å². The van der Waals surface area contributed by atoms with Crippen molar-refractivity contribution in [1.29, 1.82) is 0 Å². The van der Waals surface area contributed by atoms with E-state index in [0.717, 1.165) is 58.9 Å². The number of nitrogens with zero attached hydrogens (tertiary/aromatic N) is 1. The monoisotopic (exact) mass is 723 g/mol. The molecule has 0 bridgehead atoms. The Bertz CT molecular complexity index is 2080. The fraction of sp³-hybridized carbons (Fsp3) is 0.600. The first-order valence-electron chi connectivity index (χ1n) is 19.6. The molecule has 4 aliphatic carbocycles. The van der Waals surface area contributed by atoms with E-state index >= 15 is 0 Å². The Morgan fingerprint density at radius 3 is 2.49 bits per heavy atom. The predicted octanol–water partition coefficient (Wildman–Crippen LogP) is 7.63. The minimum Gasteiger partial charge on any atom is -0.460 e. The number of hydrogen-bond acceptors (Lipinski definition) is 7. The van der Waals surface area contributed by atoms with Gasteiger partial charge in [-0.15, -0.1) is 0 Å². The summed E-state index contributed by atoms with van der Waals surface area (Å²) in [5, 5.41) is 34.1. The zero-order valence-corrected chi connectivity index (χ0v) is 32.9. The average molecular weight is 724 g/mol. The summed E-state index contributed by atoms with van der Waals surface area (Å²) in [4.78, 5) is 27.3. The lowest BCUT2D eigenvalue weighted by Crippen LogP contribution is -2.62. The van der Waals surface area contributed by atoms with Crippen LogP contribution >= 0.6 is 0 Å². The van der Waals surface area contributed by atoms with E-state index in [-0.39, 0.29) is 41.7 Å². The van der Waals surface area contributed by atoms with Crippen LogP contribution in [0.25, 0.3) is 16.5 Å². The van der Waals surface area contributed by atoms with Gasteiger partial charge in [0.05, 0.1) is 41.1 Å². The van der Waals surface area contributed by atoms with E-state index in [2.05, 4.69) is 64.0 Å². The van der Waals surface area contributed by atoms with Crippen molar-refractivity contribution in [2.75, 3.05) is 13.2 Å². The standard InChI is InChI=1S/C45H57NO7/c1-23(2)35-38(50)33-32-26(29-22-41(4,5)53-42(6,7)34(29)37(32)49)21-27-28-20-25-13-14-30-43(8,16-11-12-24(3)40(51)52-19-18-47)31(48)15-17-44(30,9)45(25,10)39(28)46(35)36(27)33/h11-12,16,21-22,25,30-31,34-35,37,47-49H,1,13-15,17-20H2,2-10H3/b16-11+,24-12+/t25-,30-,31-,34+,35-,37+,43-,44-,45+/m0/s1. The summed E-state index contributed by atoms with van der Waals surface area (Å²) in [5.41, 5.74) is 5.95. The highest BCUT2D eigenvalue weighted by atomic mass is 16.5.